The zero-order chi connectivity index (χ0) is 47.7. The lowest BCUT2D eigenvalue weighted by molar-refractivity contribution is -0.155. The van der Waals surface area contributed by atoms with Crippen molar-refractivity contribution >= 4 is 40.5 Å². The lowest BCUT2D eigenvalue weighted by Crippen LogP contribution is -2.63. The molecule has 0 unspecified atom stereocenters. The highest BCUT2D eigenvalue weighted by atomic mass is 19.1. The van der Waals surface area contributed by atoms with Gasteiger partial charge >= 0.3 is 5.97 Å². The minimum atomic E-state index is -2.23. The normalized spacial score (nSPS) is 21.1. The van der Waals surface area contributed by atoms with Crippen molar-refractivity contribution < 1.29 is 37.8 Å². The van der Waals surface area contributed by atoms with E-state index >= 15 is 4.39 Å². The minimum absolute atomic E-state index is 0.0174. The Hall–Kier alpha value is -5.93. The fourth-order valence-electron chi connectivity index (χ4n) is 9.89. The van der Waals surface area contributed by atoms with Crippen LogP contribution in [-0.4, -0.2) is 118 Å². The first-order valence-corrected chi connectivity index (χ1v) is 23.0. The van der Waals surface area contributed by atoms with E-state index in [-0.39, 0.29) is 38.1 Å². The molecule has 2 aromatic carbocycles. The molecule has 2 saturated heterocycles. The smallest absolute Gasteiger partial charge is 0.324 e. The Morgan fingerprint density at radius 2 is 1.86 bits per heavy atom. The number of nitrogens with zero attached hydrogens (tertiary/aromatic N) is 5. The van der Waals surface area contributed by atoms with E-state index in [1.807, 2.05) is 37.3 Å². The van der Waals surface area contributed by atoms with Gasteiger partial charge in [0.15, 0.2) is 0 Å². The molecular formula is C51H64FN7O7. The number of methoxy groups -OCH3 is 1. The fraction of sp³-hybridized carbons (Fsp3) is 0.490. The van der Waals surface area contributed by atoms with Crippen molar-refractivity contribution in [2.24, 2.45) is 11.3 Å². The van der Waals surface area contributed by atoms with Crippen LogP contribution in [0.2, 0.25) is 0 Å². The number of amides is 4. The number of ether oxygens (including phenoxy) is 2. The number of pyridine rings is 1. The standard InChI is InChI=1S/C51H64FN7O7/c1-10-42(60)57-24-21-35(29-57)47(62)56(8)45(51(6,7)52)46(61)54-40-26-32-15-12-16-33(25-32)34-19-20-41-37(27-34)38(44(58(41)11-2)36-17-13-22-53-43(36)31(3)65-9)28-50(4,5)30-66-49(64)39-18-14-23-59(55-39)48(40)63/h10,12-13,15-17,19-20,22,25,27,31,35,39-40,45,55H,1,11,14,18,21,23-24,26,28-30H2,2-9H3,(H,54,61)/t31-,35-,39-,40-,45+/m0/s1. The van der Waals surface area contributed by atoms with Gasteiger partial charge < -0.3 is 29.2 Å². The number of hydrogen-bond acceptors (Lipinski definition) is 9. The number of cyclic esters (lactones) is 1. The summed E-state index contributed by atoms with van der Waals surface area (Å²) in [6.07, 6.45) is 4.52. The Bertz CT molecular complexity index is 2510. The summed E-state index contributed by atoms with van der Waals surface area (Å²) in [7, 11) is 3.05. The zero-order valence-corrected chi connectivity index (χ0v) is 39.5. The molecule has 5 atom stereocenters. The molecule has 5 heterocycles. The van der Waals surface area contributed by atoms with Crippen LogP contribution >= 0.6 is 0 Å². The van der Waals surface area contributed by atoms with Crippen molar-refractivity contribution in [1.82, 2.24) is 35.1 Å². The van der Waals surface area contributed by atoms with Crippen molar-refractivity contribution in [3.05, 3.63) is 90.3 Å². The number of alkyl halides is 1. The maximum Gasteiger partial charge on any atom is 0.324 e. The molecule has 6 bridgehead atoms. The van der Waals surface area contributed by atoms with Crippen LogP contribution in [0.15, 0.2) is 73.4 Å². The molecule has 66 heavy (non-hydrogen) atoms. The molecule has 352 valence electrons. The minimum Gasteiger partial charge on any atom is -0.464 e. The van der Waals surface area contributed by atoms with Crippen LogP contribution in [0.3, 0.4) is 0 Å². The van der Waals surface area contributed by atoms with Gasteiger partial charge in [0, 0.05) is 74.8 Å². The summed E-state index contributed by atoms with van der Waals surface area (Å²) in [5, 5.41) is 5.23. The Morgan fingerprint density at radius 3 is 2.58 bits per heavy atom. The molecular weight excluding hydrogens is 842 g/mol. The SMILES string of the molecule is C=CC(=O)N1CC[C@H](C(=O)N(C)[C@H](C(=O)N[C@H]2Cc3cccc(c3)-c3ccc4c(c3)c(c(-c3cccnc3[C@H](C)OC)n4CC)CC(C)(C)COC(=O)[C@@H]3CCCN(N3)C2=O)C(C)(C)F)C1. The van der Waals surface area contributed by atoms with E-state index in [1.54, 1.807) is 13.3 Å². The molecule has 14 nitrogen and oxygen atoms in total. The lowest BCUT2D eigenvalue weighted by atomic mass is 9.84. The topological polar surface area (TPSA) is 155 Å². The van der Waals surface area contributed by atoms with E-state index in [0.29, 0.717) is 38.8 Å². The number of likely N-dealkylation sites (tertiary alicyclic amines) is 1. The number of rotatable bonds is 10. The summed E-state index contributed by atoms with van der Waals surface area (Å²) in [6.45, 7) is 15.7. The first-order chi connectivity index (χ1) is 31.3. The first kappa shape index (κ1) is 48.0. The van der Waals surface area contributed by atoms with Crippen molar-refractivity contribution in [3.8, 4) is 22.4 Å². The van der Waals surface area contributed by atoms with Crippen molar-refractivity contribution in [1.29, 1.82) is 0 Å². The second kappa shape index (κ2) is 19.5. The predicted octanol–water partition coefficient (Wildman–Crippen LogP) is 6.36. The van der Waals surface area contributed by atoms with Gasteiger partial charge in [-0.15, -0.1) is 0 Å². The molecule has 2 N–H and O–H groups in total. The van der Waals surface area contributed by atoms with Crippen LogP contribution in [0.4, 0.5) is 4.39 Å². The van der Waals surface area contributed by atoms with E-state index < -0.39 is 58.8 Å². The number of aryl methyl sites for hydroxylation is 1. The van der Waals surface area contributed by atoms with Crippen molar-refractivity contribution in [2.75, 3.05) is 40.4 Å². The maximum atomic E-state index is 16.3. The number of hydrazine groups is 1. The summed E-state index contributed by atoms with van der Waals surface area (Å²) >= 11 is 0. The summed E-state index contributed by atoms with van der Waals surface area (Å²) < 4.78 is 30.5. The van der Waals surface area contributed by atoms with Gasteiger partial charge in [0.2, 0.25) is 17.7 Å². The number of carbonyl (C=O) groups is 5. The van der Waals surface area contributed by atoms with Crippen LogP contribution in [0.25, 0.3) is 33.3 Å². The Morgan fingerprint density at radius 1 is 1.11 bits per heavy atom. The third-order valence-electron chi connectivity index (χ3n) is 13.3. The van der Waals surface area contributed by atoms with Crippen LogP contribution in [0, 0.1) is 11.3 Å². The number of esters is 1. The highest BCUT2D eigenvalue weighted by molar-refractivity contribution is 5.96. The van der Waals surface area contributed by atoms with Gasteiger partial charge in [0.25, 0.3) is 5.91 Å². The van der Waals surface area contributed by atoms with Gasteiger partial charge in [-0.25, -0.2) is 9.82 Å². The first-order valence-electron chi connectivity index (χ1n) is 23.0. The number of aromatic nitrogens is 2. The van der Waals surface area contributed by atoms with Gasteiger partial charge in [0.1, 0.15) is 23.8 Å². The van der Waals surface area contributed by atoms with Crippen LogP contribution < -0.4 is 10.7 Å². The fourth-order valence-corrected chi connectivity index (χ4v) is 9.89. The number of nitrogens with one attached hydrogen (secondary N) is 2. The molecule has 3 aliphatic rings. The molecule has 0 radical (unpaired) electrons. The third kappa shape index (κ3) is 9.92. The number of carbonyl (C=O) groups excluding carboxylic acids is 5. The van der Waals surface area contributed by atoms with Crippen molar-refractivity contribution in [2.45, 2.75) is 110 Å². The molecule has 7 rings (SSSR count). The molecule has 2 fully saturated rings. The maximum absolute atomic E-state index is 16.3. The van der Waals surface area contributed by atoms with Gasteiger partial charge in [-0.05, 0) is 106 Å². The van der Waals surface area contributed by atoms with E-state index in [9.17, 15) is 24.0 Å². The molecule has 0 aliphatic carbocycles. The van der Waals surface area contributed by atoms with E-state index in [0.717, 1.165) is 55.0 Å². The van der Waals surface area contributed by atoms with Gasteiger partial charge in [-0.3, -0.25) is 34.0 Å². The lowest BCUT2D eigenvalue weighted by Gasteiger charge is -2.38. The Kier molecular flexibility index (Phi) is 14.2. The molecule has 3 aliphatic heterocycles. The van der Waals surface area contributed by atoms with E-state index in [1.165, 1.54) is 36.9 Å². The molecule has 4 aromatic rings. The van der Waals surface area contributed by atoms with Gasteiger partial charge in [-0.1, -0.05) is 50.8 Å². The summed E-state index contributed by atoms with van der Waals surface area (Å²) in [6, 6.07) is 14.5. The molecule has 4 amide bonds. The largest absolute Gasteiger partial charge is 0.464 e. The summed E-state index contributed by atoms with van der Waals surface area (Å²) in [4.78, 5) is 76.6. The van der Waals surface area contributed by atoms with Gasteiger partial charge in [-0.2, -0.15) is 0 Å². The van der Waals surface area contributed by atoms with Crippen molar-refractivity contribution in [3.63, 3.8) is 0 Å². The molecule has 0 saturated carbocycles. The number of benzene rings is 2. The van der Waals surface area contributed by atoms with Crippen LogP contribution in [-0.2, 0) is 52.8 Å². The van der Waals surface area contributed by atoms with E-state index in [4.69, 9.17) is 14.5 Å². The monoisotopic (exact) mass is 905 g/mol. The van der Waals surface area contributed by atoms with Gasteiger partial charge in [0.05, 0.1) is 30.0 Å². The second-order valence-electron chi connectivity index (χ2n) is 19.2. The Labute approximate surface area is 386 Å². The summed E-state index contributed by atoms with van der Waals surface area (Å²) in [5.41, 5.74) is 7.78. The quantitative estimate of drug-likeness (QED) is 0.137. The van der Waals surface area contributed by atoms with Crippen LogP contribution in [0.1, 0.15) is 83.7 Å². The van der Waals surface area contributed by atoms with E-state index in [2.05, 4.69) is 66.9 Å². The summed E-state index contributed by atoms with van der Waals surface area (Å²) in [5.74, 6) is -3.33. The molecule has 2 aromatic heterocycles. The highest BCUT2D eigenvalue weighted by Gasteiger charge is 2.45. The molecule has 15 heteroatoms. The predicted molar refractivity (Wildman–Crippen MR) is 250 cm³/mol. The highest BCUT2D eigenvalue weighted by Crippen LogP contribution is 2.42. The number of hydrogen-bond donors (Lipinski definition) is 2. The Balaban J connectivity index is 1.30. The average Bonchev–Trinajstić information content (AvgIpc) is 3.92. The zero-order valence-electron chi connectivity index (χ0n) is 39.5. The number of halogens is 1. The average molecular weight is 906 g/mol. The molecule has 0 spiro atoms. The van der Waals surface area contributed by atoms with Crippen LogP contribution in [0.5, 0.6) is 0 Å². The third-order valence-corrected chi connectivity index (χ3v) is 13.3. The second-order valence-corrected chi connectivity index (χ2v) is 19.2. The number of fused-ring (bicyclic) bond motifs is 6. The number of likely N-dealkylation sites (N-methyl/N-ethyl adjacent to an activating group) is 1.